The Bertz CT molecular complexity index is 700. The monoisotopic (exact) mass is 213 g/mol. The number of carbonyl (C=O) groups is 1. The maximum Gasteiger partial charge on any atom is 0.358 e. The fraction of sp³-hybridized carbons (Fsp3) is 0. The normalized spacial score (nSPS) is 11.0. The minimum absolute atomic E-state index is 0.0410. The smallest absolute Gasteiger partial charge is 0.358 e. The summed E-state index contributed by atoms with van der Waals surface area (Å²) >= 11 is 0. The van der Waals surface area contributed by atoms with Crippen molar-refractivity contribution >= 4 is 27.7 Å². The van der Waals surface area contributed by atoms with Gasteiger partial charge < -0.3 is 9.63 Å². The Kier molecular flexibility index (Phi) is 1.71. The molecule has 0 fully saturated rings. The van der Waals surface area contributed by atoms with E-state index >= 15 is 0 Å². The fourth-order valence-corrected chi connectivity index (χ4v) is 1.82. The van der Waals surface area contributed by atoms with Gasteiger partial charge in [0.05, 0.1) is 5.39 Å². The highest BCUT2D eigenvalue weighted by atomic mass is 16.5. The van der Waals surface area contributed by atoms with Gasteiger partial charge in [-0.2, -0.15) is 0 Å². The summed E-state index contributed by atoms with van der Waals surface area (Å²) in [6.07, 6.45) is 0. The van der Waals surface area contributed by atoms with Crippen molar-refractivity contribution in [2.24, 2.45) is 0 Å². The minimum Gasteiger partial charge on any atom is -0.476 e. The molecule has 0 unspecified atom stereocenters. The highest BCUT2D eigenvalue weighted by Gasteiger charge is 2.16. The largest absolute Gasteiger partial charge is 0.476 e. The highest BCUT2D eigenvalue weighted by Crippen LogP contribution is 2.27. The second-order valence-corrected chi connectivity index (χ2v) is 3.50. The summed E-state index contributed by atoms with van der Waals surface area (Å²) in [5, 5.41) is 14.9. The van der Waals surface area contributed by atoms with Gasteiger partial charge in [0.25, 0.3) is 0 Å². The van der Waals surface area contributed by atoms with Crippen molar-refractivity contribution in [3.8, 4) is 0 Å². The van der Waals surface area contributed by atoms with E-state index in [4.69, 9.17) is 9.63 Å². The molecule has 78 valence electrons. The van der Waals surface area contributed by atoms with E-state index in [1.54, 1.807) is 6.07 Å². The van der Waals surface area contributed by atoms with Crippen LogP contribution in [-0.2, 0) is 0 Å². The van der Waals surface area contributed by atoms with E-state index in [0.29, 0.717) is 11.0 Å². The first-order chi connectivity index (χ1) is 7.77. The third kappa shape index (κ3) is 1.10. The van der Waals surface area contributed by atoms with Crippen molar-refractivity contribution in [2.75, 3.05) is 0 Å². The van der Waals surface area contributed by atoms with Crippen molar-refractivity contribution in [3.63, 3.8) is 0 Å². The molecule has 0 saturated heterocycles. The first-order valence-electron chi connectivity index (χ1n) is 4.78. The summed E-state index contributed by atoms with van der Waals surface area (Å²) in [5.41, 5.74) is 0.483. The van der Waals surface area contributed by atoms with Crippen molar-refractivity contribution in [3.05, 3.63) is 42.1 Å². The lowest BCUT2D eigenvalue weighted by molar-refractivity contribution is 0.0688. The van der Waals surface area contributed by atoms with Gasteiger partial charge in [-0.3, -0.25) is 0 Å². The molecule has 3 rings (SSSR count). The number of aromatic nitrogens is 1. The molecule has 0 saturated carbocycles. The van der Waals surface area contributed by atoms with E-state index in [2.05, 4.69) is 5.16 Å². The second-order valence-electron chi connectivity index (χ2n) is 3.50. The van der Waals surface area contributed by atoms with Gasteiger partial charge in [-0.25, -0.2) is 4.79 Å². The summed E-state index contributed by atoms with van der Waals surface area (Å²) in [6.45, 7) is 0. The molecular formula is C12H7NO3. The average Bonchev–Trinajstić information content (AvgIpc) is 2.73. The zero-order chi connectivity index (χ0) is 11.1. The summed E-state index contributed by atoms with van der Waals surface area (Å²) in [7, 11) is 0. The first-order valence-corrected chi connectivity index (χ1v) is 4.78. The second kappa shape index (κ2) is 3.06. The quantitative estimate of drug-likeness (QED) is 0.675. The van der Waals surface area contributed by atoms with E-state index in [1.807, 2.05) is 30.3 Å². The lowest BCUT2D eigenvalue weighted by Gasteiger charge is -1.96. The van der Waals surface area contributed by atoms with Crippen LogP contribution in [0.3, 0.4) is 0 Å². The van der Waals surface area contributed by atoms with E-state index < -0.39 is 5.97 Å². The molecule has 1 heterocycles. The number of carboxylic acid groups (broad SMARTS) is 1. The molecule has 4 nitrogen and oxygen atoms in total. The topological polar surface area (TPSA) is 63.3 Å². The average molecular weight is 213 g/mol. The van der Waals surface area contributed by atoms with Crippen LogP contribution in [0.2, 0.25) is 0 Å². The van der Waals surface area contributed by atoms with Crippen LogP contribution in [-0.4, -0.2) is 16.2 Å². The molecule has 0 aliphatic carbocycles. The Hall–Kier alpha value is -2.36. The Morgan fingerprint density at radius 3 is 2.75 bits per heavy atom. The standard InChI is InChI=1S/C12H7NO3/c14-12(15)10-9-6-5-7-3-1-2-4-8(7)11(9)16-13-10/h1-6H,(H,14,15). The predicted molar refractivity (Wildman–Crippen MR) is 58.5 cm³/mol. The number of carboxylic acids is 1. The maximum atomic E-state index is 10.9. The van der Waals surface area contributed by atoms with E-state index in [-0.39, 0.29) is 5.69 Å². The summed E-state index contributed by atoms with van der Waals surface area (Å²) < 4.78 is 5.09. The lowest BCUT2D eigenvalue weighted by Crippen LogP contribution is -1.96. The first kappa shape index (κ1) is 8.91. The van der Waals surface area contributed by atoms with Gasteiger partial charge in [-0.1, -0.05) is 35.5 Å². The van der Waals surface area contributed by atoms with Crippen molar-refractivity contribution in [2.45, 2.75) is 0 Å². The maximum absolute atomic E-state index is 10.9. The fourth-order valence-electron chi connectivity index (χ4n) is 1.82. The van der Waals surface area contributed by atoms with E-state index in [0.717, 1.165) is 10.8 Å². The molecule has 0 bridgehead atoms. The van der Waals surface area contributed by atoms with Gasteiger partial charge in [0, 0.05) is 5.39 Å². The van der Waals surface area contributed by atoms with Crippen LogP contribution in [0, 0.1) is 0 Å². The number of nitrogens with zero attached hydrogens (tertiary/aromatic N) is 1. The third-order valence-electron chi connectivity index (χ3n) is 2.57. The summed E-state index contributed by atoms with van der Waals surface area (Å²) in [6, 6.07) is 11.2. The van der Waals surface area contributed by atoms with E-state index in [1.165, 1.54) is 0 Å². The molecule has 1 N–H and O–H groups in total. The molecule has 0 atom stereocenters. The van der Waals surface area contributed by atoms with Crippen LogP contribution in [0.1, 0.15) is 10.5 Å². The van der Waals surface area contributed by atoms with Crippen LogP contribution >= 0.6 is 0 Å². The molecule has 4 heteroatoms. The lowest BCUT2D eigenvalue weighted by atomic mass is 10.1. The molecule has 16 heavy (non-hydrogen) atoms. The molecule has 0 aliphatic heterocycles. The molecule has 0 radical (unpaired) electrons. The number of fused-ring (bicyclic) bond motifs is 3. The SMILES string of the molecule is O=C(O)c1noc2c1ccc1ccccc12. The Morgan fingerprint density at radius 1 is 1.12 bits per heavy atom. The van der Waals surface area contributed by atoms with Crippen LogP contribution < -0.4 is 0 Å². The molecule has 0 amide bonds. The van der Waals surface area contributed by atoms with Gasteiger partial charge in [-0.15, -0.1) is 0 Å². The number of aromatic carboxylic acids is 1. The Labute approximate surface area is 90.1 Å². The Balaban J connectivity index is 2.49. The number of hydrogen-bond acceptors (Lipinski definition) is 3. The summed E-state index contributed by atoms with van der Waals surface area (Å²) in [5.74, 6) is -1.07. The van der Waals surface area contributed by atoms with Gasteiger partial charge in [-0.05, 0) is 11.5 Å². The van der Waals surface area contributed by atoms with Crippen LogP contribution in [0.5, 0.6) is 0 Å². The van der Waals surface area contributed by atoms with E-state index in [9.17, 15) is 4.79 Å². The number of benzene rings is 2. The van der Waals surface area contributed by atoms with Crippen LogP contribution in [0.4, 0.5) is 0 Å². The molecule has 1 aromatic heterocycles. The molecule has 2 aromatic carbocycles. The van der Waals surface area contributed by atoms with Crippen molar-refractivity contribution in [1.82, 2.24) is 5.16 Å². The zero-order valence-electron chi connectivity index (χ0n) is 8.18. The van der Waals surface area contributed by atoms with Gasteiger partial charge >= 0.3 is 5.97 Å². The van der Waals surface area contributed by atoms with Gasteiger partial charge in [0.2, 0.25) is 0 Å². The van der Waals surface area contributed by atoms with Crippen LogP contribution in [0.15, 0.2) is 40.9 Å². The number of rotatable bonds is 1. The Morgan fingerprint density at radius 2 is 1.94 bits per heavy atom. The zero-order valence-corrected chi connectivity index (χ0v) is 8.18. The molecular weight excluding hydrogens is 206 g/mol. The molecule has 0 aliphatic rings. The summed E-state index contributed by atoms with van der Waals surface area (Å²) in [4.78, 5) is 10.9. The number of hydrogen-bond donors (Lipinski definition) is 1. The van der Waals surface area contributed by atoms with Crippen molar-refractivity contribution in [1.29, 1.82) is 0 Å². The minimum atomic E-state index is -1.07. The van der Waals surface area contributed by atoms with Crippen molar-refractivity contribution < 1.29 is 14.4 Å². The highest BCUT2D eigenvalue weighted by molar-refractivity contribution is 6.10. The third-order valence-corrected chi connectivity index (χ3v) is 2.57. The van der Waals surface area contributed by atoms with Gasteiger partial charge in [0.1, 0.15) is 0 Å². The molecule has 3 aromatic rings. The molecule has 0 spiro atoms. The van der Waals surface area contributed by atoms with Gasteiger partial charge in [0.15, 0.2) is 11.3 Å². The predicted octanol–water partition coefficient (Wildman–Crippen LogP) is 2.68. The van der Waals surface area contributed by atoms with Crippen LogP contribution in [0.25, 0.3) is 21.7 Å².